The number of amides is 1. The first kappa shape index (κ1) is 18.3. The maximum atomic E-state index is 12.2. The third-order valence-electron chi connectivity index (χ3n) is 3.52. The second-order valence-corrected chi connectivity index (χ2v) is 7.34. The number of esters is 1. The van der Waals surface area contributed by atoms with Gasteiger partial charge in [0.2, 0.25) is 5.91 Å². The number of nitrogens with one attached hydrogen (secondary N) is 1. The van der Waals surface area contributed by atoms with Gasteiger partial charge in [0.25, 0.3) is 5.56 Å². The molecule has 3 aromatic rings. The molecule has 3 rings (SSSR count). The van der Waals surface area contributed by atoms with Gasteiger partial charge in [-0.1, -0.05) is 23.7 Å². The second kappa shape index (κ2) is 8.24. The highest BCUT2D eigenvalue weighted by Crippen LogP contribution is 2.18. The highest BCUT2D eigenvalue weighted by molar-refractivity contribution is 7.14. The SMILES string of the molecule is CCOC(=O)Cc1csc(NC(=O)CCn2sc3ccccc3c2=O)n1. The van der Waals surface area contributed by atoms with E-state index in [2.05, 4.69) is 10.3 Å². The van der Waals surface area contributed by atoms with Crippen LogP contribution in [0.2, 0.25) is 0 Å². The molecule has 2 aromatic heterocycles. The Hall–Kier alpha value is -2.52. The molecule has 0 aliphatic carbocycles. The summed E-state index contributed by atoms with van der Waals surface area (Å²) < 4.78 is 7.35. The fourth-order valence-corrected chi connectivity index (χ4v) is 4.08. The lowest BCUT2D eigenvalue weighted by molar-refractivity contribution is -0.142. The van der Waals surface area contributed by atoms with Gasteiger partial charge in [-0.3, -0.25) is 18.3 Å². The molecule has 1 aromatic carbocycles. The number of fused-ring (bicyclic) bond motifs is 1. The van der Waals surface area contributed by atoms with Crippen molar-refractivity contribution in [1.29, 1.82) is 0 Å². The first-order valence-corrected chi connectivity index (χ1v) is 9.71. The van der Waals surface area contributed by atoms with Crippen molar-refractivity contribution >= 4 is 50.0 Å². The van der Waals surface area contributed by atoms with Gasteiger partial charge in [0.05, 0.1) is 28.8 Å². The number of ether oxygens (including phenoxy) is 1. The molecule has 0 bridgehead atoms. The largest absolute Gasteiger partial charge is 0.466 e. The Balaban J connectivity index is 1.55. The van der Waals surface area contributed by atoms with E-state index in [1.807, 2.05) is 18.2 Å². The minimum atomic E-state index is -0.347. The maximum absolute atomic E-state index is 12.2. The topological polar surface area (TPSA) is 90.3 Å². The third kappa shape index (κ3) is 4.36. The van der Waals surface area contributed by atoms with Gasteiger partial charge in [-0.2, -0.15) is 0 Å². The number of anilines is 1. The van der Waals surface area contributed by atoms with E-state index in [1.54, 1.807) is 22.3 Å². The first-order chi connectivity index (χ1) is 12.6. The van der Waals surface area contributed by atoms with Crippen molar-refractivity contribution in [2.45, 2.75) is 26.3 Å². The van der Waals surface area contributed by atoms with Crippen molar-refractivity contribution in [1.82, 2.24) is 8.94 Å². The summed E-state index contributed by atoms with van der Waals surface area (Å²) in [4.78, 5) is 40.0. The fourth-order valence-electron chi connectivity index (χ4n) is 2.35. The zero-order valence-corrected chi connectivity index (χ0v) is 15.7. The van der Waals surface area contributed by atoms with Crippen LogP contribution in [0.5, 0.6) is 0 Å². The van der Waals surface area contributed by atoms with Crippen molar-refractivity contribution < 1.29 is 14.3 Å². The van der Waals surface area contributed by atoms with Crippen molar-refractivity contribution in [2.75, 3.05) is 11.9 Å². The zero-order chi connectivity index (χ0) is 18.5. The summed E-state index contributed by atoms with van der Waals surface area (Å²) >= 11 is 2.60. The normalized spacial score (nSPS) is 10.8. The predicted octanol–water partition coefficient (Wildman–Crippen LogP) is 2.65. The lowest BCUT2D eigenvalue weighted by Gasteiger charge is -2.02. The van der Waals surface area contributed by atoms with E-state index in [4.69, 9.17) is 4.74 Å². The number of aryl methyl sites for hydroxylation is 1. The van der Waals surface area contributed by atoms with Gasteiger partial charge in [-0.15, -0.1) is 11.3 Å². The smallest absolute Gasteiger partial charge is 0.311 e. The summed E-state index contributed by atoms with van der Waals surface area (Å²) in [5.74, 6) is -0.578. The molecule has 0 fully saturated rings. The van der Waals surface area contributed by atoms with Crippen LogP contribution in [0.15, 0.2) is 34.4 Å². The van der Waals surface area contributed by atoms with E-state index < -0.39 is 0 Å². The average molecular weight is 391 g/mol. The molecule has 0 saturated heterocycles. The average Bonchev–Trinajstić information content (AvgIpc) is 3.18. The number of hydrogen-bond acceptors (Lipinski definition) is 7. The Morgan fingerprint density at radius 2 is 2.12 bits per heavy atom. The van der Waals surface area contributed by atoms with Crippen LogP contribution in [0.3, 0.4) is 0 Å². The number of thiazole rings is 1. The van der Waals surface area contributed by atoms with Gasteiger partial charge in [-0.25, -0.2) is 4.98 Å². The lowest BCUT2D eigenvalue weighted by Crippen LogP contribution is -2.19. The highest BCUT2D eigenvalue weighted by Gasteiger charge is 2.12. The standard InChI is InChI=1S/C17H17N3O4S2/c1-2-24-15(22)9-11-10-25-17(18-11)19-14(21)7-8-20-16(23)12-5-3-4-6-13(12)26-20/h3-6,10H,2,7-9H2,1H3,(H,18,19,21). The Bertz CT molecular complexity index is 989. The summed E-state index contributed by atoms with van der Waals surface area (Å²) in [6, 6.07) is 7.37. The van der Waals surface area contributed by atoms with Gasteiger partial charge >= 0.3 is 5.97 Å². The van der Waals surface area contributed by atoms with Gasteiger partial charge in [0.15, 0.2) is 5.13 Å². The summed E-state index contributed by atoms with van der Waals surface area (Å²) in [6.07, 6.45) is 0.247. The summed E-state index contributed by atoms with van der Waals surface area (Å²) in [5, 5.41) is 5.50. The molecule has 0 atom stereocenters. The minimum absolute atomic E-state index is 0.0793. The van der Waals surface area contributed by atoms with Crippen LogP contribution in [0.1, 0.15) is 19.0 Å². The van der Waals surface area contributed by atoms with Crippen LogP contribution in [0, 0.1) is 0 Å². The number of rotatable bonds is 7. The Morgan fingerprint density at radius 3 is 2.88 bits per heavy atom. The number of carbonyl (C=O) groups excluding carboxylic acids is 2. The van der Waals surface area contributed by atoms with E-state index >= 15 is 0 Å². The predicted molar refractivity (Wildman–Crippen MR) is 102 cm³/mol. The van der Waals surface area contributed by atoms with Crippen molar-refractivity contribution in [2.24, 2.45) is 0 Å². The summed E-state index contributed by atoms with van der Waals surface area (Å²) in [6.45, 7) is 2.38. The van der Waals surface area contributed by atoms with Crippen molar-refractivity contribution in [3.63, 3.8) is 0 Å². The number of aromatic nitrogens is 2. The quantitative estimate of drug-likeness (QED) is 0.625. The molecule has 0 spiro atoms. The third-order valence-corrected chi connectivity index (χ3v) is 5.45. The molecule has 136 valence electrons. The minimum Gasteiger partial charge on any atom is -0.466 e. The van der Waals surface area contributed by atoms with Gasteiger partial charge < -0.3 is 10.1 Å². The lowest BCUT2D eigenvalue weighted by atomic mass is 10.3. The zero-order valence-electron chi connectivity index (χ0n) is 14.1. The van der Waals surface area contributed by atoms with Gasteiger partial charge in [-0.05, 0) is 19.1 Å². The van der Waals surface area contributed by atoms with Crippen LogP contribution in [-0.2, 0) is 27.3 Å². The van der Waals surface area contributed by atoms with E-state index in [-0.39, 0.29) is 30.3 Å². The van der Waals surface area contributed by atoms with Crippen LogP contribution < -0.4 is 10.9 Å². The Morgan fingerprint density at radius 1 is 1.31 bits per heavy atom. The molecule has 0 saturated carbocycles. The molecule has 0 radical (unpaired) electrons. The Kier molecular flexibility index (Phi) is 5.79. The molecule has 1 amide bonds. The van der Waals surface area contributed by atoms with Crippen molar-refractivity contribution in [3.05, 3.63) is 45.7 Å². The molecule has 26 heavy (non-hydrogen) atoms. The van der Waals surface area contributed by atoms with Crippen LogP contribution in [0.4, 0.5) is 5.13 Å². The molecule has 0 unspecified atom stereocenters. The van der Waals surface area contributed by atoms with Crippen molar-refractivity contribution in [3.8, 4) is 0 Å². The summed E-state index contributed by atoms with van der Waals surface area (Å²) in [5.41, 5.74) is 0.480. The second-order valence-electron chi connectivity index (χ2n) is 5.42. The molecule has 2 heterocycles. The number of hydrogen-bond donors (Lipinski definition) is 1. The summed E-state index contributed by atoms with van der Waals surface area (Å²) in [7, 11) is 0. The molecule has 1 N–H and O–H groups in total. The molecule has 7 nitrogen and oxygen atoms in total. The fraction of sp³-hybridized carbons (Fsp3) is 0.294. The van der Waals surface area contributed by atoms with E-state index in [9.17, 15) is 14.4 Å². The van der Waals surface area contributed by atoms with Gasteiger partial charge in [0, 0.05) is 18.3 Å². The molecule has 0 aliphatic rings. The number of carbonyl (C=O) groups is 2. The van der Waals surface area contributed by atoms with E-state index in [0.29, 0.717) is 29.4 Å². The number of benzene rings is 1. The molecule has 0 aliphatic heterocycles. The van der Waals surface area contributed by atoms with Crippen LogP contribution >= 0.6 is 22.9 Å². The molecule has 9 heteroatoms. The van der Waals surface area contributed by atoms with Crippen LogP contribution in [0.25, 0.3) is 10.1 Å². The Labute approximate surface area is 157 Å². The number of nitrogens with zero attached hydrogens (tertiary/aromatic N) is 2. The van der Waals surface area contributed by atoms with E-state index in [0.717, 1.165) is 4.70 Å². The molecular formula is C17H17N3O4S2. The van der Waals surface area contributed by atoms with E-state index in [1.165, 1.54) is 22.9 Å². The van der Waals surface area contributed by atoms with Gasteiger partial charge in [0.1, 0.15) is 0 Å². The van der Waals surface area contributed by atoms with Crippen LogP contribution in [-0.4, -0.2) is 27.4 Å². The first-order valence-electron chi connectivity index (χ1n) is 8.05. The molecular weight excluding hydrogens is 374 g/mol. The highest BCUT2D eigenvalue weighted by atomic mass is 32.1. The monoisotopic (exact) mass is 391 g/mol. The maximum Gasteiger partial charge on any atom is 0.311 e.